The lowest BCUT2D eigenvalue weighted by Gasteiger charge is -2.07. The molecule has 0 atom stereocenters. The third-order valence-corrected chi connectivity index (χ3v) is 3.01. The highest BCUT2D eigenvalue weighted by Gasteiger charge is 2.12. The predicted octanol–water partition coefficient (Wildman–Crippen LogP) is 2.51. The maximum atomic E-state index is 12.1. The van der Waals surface area contributed by atoms with Crippen molar-refractivity contribution in [2.45, 2.75) is 26.7 Å². The Balaban J connectivity index is 2.14. The summed E-state index contributed by atoms with van der Waals surface area (Å²) >= 11 is 0. The molecule has 4 N–H and O–H groups in total. The fourth-order valence-electron chi connectivity index (χ4n) is 1.91. The average Bonchev–Trinajstić information content (AvgIpc) is 2.80. The van der Waals surface area contributed by atoms with Crippen molar-refractivity contribution in [2.75, 3.05) is 11.1 Å². The Morgan fingerprint density at radius 3 is 3.00 bits per heavy atom. The third kappa shape index (κ3) is 2.93. The molecule has 5 nitrogen and oxygen atoms in total. The van der Waals surface area contributed by atoms with Crippen molar-refractivity contribution in [2.24, 2.45) is 0 Å². The number of nitrogens with one attached hydrogen (secondary N) is 2. The van der Waals surface area contributed by atoms with Gasteiger partial charge in [-0.05, 0) is 31.0 Å². The number of aromatic nitrogens is 2. The second kappa shape index (κ2) is 5.56. The van der Waals surface area contributed by atoms with E-state index in [1.807, 2.05) is 13.0 Å². The van der Waals surface area contributed by atoms with Crippen molar-refractivity contribution < 1.29 is 4.79 Å². The van der Waals surface area contributed by atoms with Gasteiger partial charge in [-0.15, -0.1) is 0 Å². The minimum Gasteiger partial charge on any atom is -0.398 e. The summed E-state index contributed by atoms with van der Waals surface area (Å²) in [6.07, 6.45) is 1.95. The van der Waals surface area contributed by atoms with Crippen LogP contribution in [0.15, 0.2) is 24.3 Å². The molecule has 19 heavy (non-hydrogen) atoms. The van der Waals surface area contributed by atoms with Crippen molar-refractivity contribution in [1.82, 2.24) is 10.2 Å². The molecule has 0 radical (unpaired) electrons. The largest absolute Gasteiger partial charge is 0.398 e. The molecule has 0 saturated carbocycles. The number of hydrogen-bond acceptors (Lipinski definition) is 3. The van der Waals surface area contributed by atoms with Crippen LogP contribution in [0.3, 0.4) is 0 Å². The van der Waals surface area contributed by atoms with Crippen LogP contribution in [-0.2, 0) is 6.42 Å². The summed E-state index contributed by atoms with van der Waals surface area (Å²) in [5.41, 5.74) is 8.77. The summed E-state index contributed by atoms with van der Waals surface area (Å²) in [5, 5.41) is 9.73. The molecule has 100 valence electrons. The Labute approximate surface area is 112 Å². The number of benzene rings is 1. The highest BCUT2D eigenvalue weighted by molar-refractivity contribution is 6.05. The quantitative estimate of drug-likeness (QED) is 0.737. The molecule has 2 rings (SSSR count). The number of amides is 1. The van der Waals surface area contributed by atoms with Crippen LogP contribution in [0.25, 0.3) is 0 Å². The van der Waals surface area contributed by atoms with Gasteiger partial charge in [0.2, 0.25) is 0 Å². The van der Waals surface area contributed by atoms with E-state index in [0.29, 0.717) is 17.1 Å². The number of aryl methyl sites for hydroxylation is 1. The van der Waals surface area contributed by atoms with Crippen LogP contribution in [-0.4, -0.2) is 16.1 Å². The normalized spacial score (nSPS) is 10.4. The maximum absolute atomic E-state index is 12.1. The van der Waals surface area contributed by atoms with Crippen molar-refractivity contribution in [3.8, 4) is 0 Å². The number of H-pyrrole nitrogens is 1. The van der Waals surface area contributed by atoms with Gasteiger partial charge in [-0.3, -0.25) is 9.89 Å². The monoisotopic (exact) mass is 258 g/mol. The molecule has 0 aliphatic carbocycles. The lowest BCUT2D eigenvalue weighted by Crippen LogP contribution is -2.14. The van der Waals surface area contributed by atoms with Gasteiger partial charge < -0.3 is 11.1 Å². The van der Waals surface area contributed by atoms with E-state index in [0.717, 1.165) is 24.1 Å². The fourth-order valence-corrected chi connectivity index (χ4v) is 1.91. The second-order valence-corrected chi connectivity index (χ2v) is 4.50. The predicted molar refractivity (Wildman–Crippen MR) is 76.1 cm³/mol. The van der Waals surface area contributed by atoms with Crippen molar-refractivity contribution >= 4 is 17.4 Å². The van der Waals surface area contributed by atoms with Gasteiger partial charge in [-0.2, -0.15) is 5.10 Å². The average molecular weight is 258 g/mol. The molecule has 0 bridgehead atoms. The Morgan fingerprint density at radius 2 is 2.26 bits per heavy atom. The number of rotatable bonds is 4. The SMILES string of the molecule is CCCc1cc(NC(=O)c2cccc(N)c2C)n[nH]1. The van der Waals surface area contributed by atoms with Gasteiger partial charge in [-0.1, -0.05) is 19.4 Å². The number of aromatic amines is 1. The number of nitrogens with two attached hydrogens (primary N) is 1. The molecule has 0 fully saturated rings. The molecule has 1 aromatic heterocycles. The molecule has 0 saturated heterocycles. The van der Waals surface area contributed by atoms with Crippen LogP contribution in [0.4, 0.5) is 11.5 Å². The summed E-state index contributed by atoms with van der Waals surface area (Å²) in [7, 11) is 0. The molecular formula is C14H18N4O. The Bertz CT molecular complexity index is 589. The zero-order valence-electron chi connectivity index (χ0n) is 11.2. The first-order valence-electron chi connectivity index (χ1n) is 6.32. The molecule has 0 spiro atoms. The van der Waals surface area contributed by atoms with Crippen molar-refractivity contribution in [3.05, 3.63) is 41.1 Å². The number of carbonyl (C=O) groups excluding carboxylic acids is 1. The van der Waals surface area contributed by atoms with Crippen LogP contribution in [0.2, 0.25) is 0 Å². The third-order valence-electron chi connectivity index (χ3n) is 3.01. The van der Waals surface area contributed by atoms with E-state index in [4.69, 9.17) is 5.73 Å². The van der Waals surface area contributed by atoms with Crippen LogP contribution < -0.4 is 11.1 Å². The summed E-state index contributed by atoms with van der Waals surface area (Å²) in [6, 6.07) is 7.15. The summed E-state index contributed by atoms with van der Waals surface area (Å²) in [4.78, 5) is 12.1. The Kier molecular flexibility index (Phi) is 3.85. The van der Waals surface area contributed by atoms with E-state index in [1.165, 1.54) is 0 Å². The first kappa shape index (κ1) is 13.1. The minimum absolute atomic E-state index is 0.195. The van der Waals surface area contributed by atoms with E-state index < -0.39 is 0 Å². The fraction of sp³-hybridized carbons (Fsp3) is 0.286. The number of nitrogen functional groups attached to an aromatic ring is 1. The molecule has 5 heteroatoms. The standard InChI is InChI=1S/C14H18N4O/c1-3-5-10-8-13(18-17-10)16-14(19)11-6-4-7-12(15)9(11)2/h4,6-8H,3,5,15H2,1-2H3,(H2,16,17,18,19). The summed E-state index contributed by atoms with van der Waals surface area (Å²) in [5.74, 6) is 0.342. The first-order chi connectivity index (χ1) is 9.11. The molecule has 2 aromatic rings. The Hall–Kier alpha value is -2.30. The van der Waals surface area contributed by atoms with Gasteiger partial charge in [-0.25, -0.2) is 0 Å². The van der Waals surface area contributed by atoms with E-state index in [9.17, 15) is 4.79 Å². The molecule has 1 heterocycles. The van der Waals surface area contributed by atoms with Gasteiger partial charge in [0.1, 0.15) is 0 Å². The van der Waals surface area contributed by atoms with Gasteiger partial charge >= 0.3 is 0 Å². The number of anilines is 2. The van der Waals surface area contributed by atoms with Gasteiger partial charge in [0, 0.05) is 23.0 Å². The number of hydrogen-bond donors (Lipinski definition) is 3. The van der Waals surface area contributed by atoms with E-state index >= 15 is 0 Å². The molecule has 0 aliphatic heterocycles. The van der Waals surface area contributed by atoms with Gasteiger partial charge in [0.05, 0.1) is 0 Å². The lowest BCUT2D eigenvalue weighted by atomic mass is 10.1. The molecule has 0 aliphatic rings. The van der Waals surface area contributed by atoms with Crippen molar-refractivity contribution in [1.29, 1.82) is 0 Å². The number of carbonyl (C=O) groups is 1. The smallest absolute Gasteiger partial charge is 0.257 e. The lowest BCUT2D eigenvalue weighted by molar-refractivity contribution is 0.102. The Morgan fingerprint density at radius 1 is 1.47 bits per heavy atom. The maximum Gasteiger partial charge on any atom is 0.257 e. The van der Waals surface area contributed by atoms with E-state index in [1.54, 1.807) is 18.2 Å². The summed E-state index contributed by atoms with van der Waals surface area (Å²) < 4.78 is 0. The molecular weight excluding hydrogens is 240 g/mol. The van der Waals surface area contributed by atoms with Crippen LogP contribution in [0, 0.1) is 6.92 Å². The highest BCUT2D eigenvalue weighted by Crippen LogP contribution is 2.17. The van der Waals surface area contributed by atoms with Crippen LogP contribution >= 0.6 is 0 Å². The molecule has 0 unspecified atom stereocenters. The minimum atomic E-state index is -0.195. The van der Waals surface area contributed by atoms with Crippen LogP contribution in [0.5, 0.6) is 0 Å². The molecule has 1 aromatic carbocycles. The van der Waals surface area contributed by atoms with Crippen molar-refractivity contribution in [3.63, 3.8) is 0 Å². The van der Waals surface area contributed by atoms with Crippen LogP contribution in [0.1, 0.15) is 35.0 Å². The molecule has 1 amide bonds. The van der Waals surface area contributed by atoms with Gasteiger partial charge in [0.25, 0.3) is 5.91 Å². The van der Waals surface area contributed by atoms with Gasteiger partial charge in [0.15, 0.2) is 5.82 Å². The topological polar surface area (TPSA) is 83.8 Å². The van der Waals surface area contributed by atoms with E-state index in [2.05, 4.69) is 22.4 Å². The second-order valence-electron chi connectivity index (χ2n) is 4.50. The highest BCUT2D eigenvalue weighted by atomic mass is 16.1. The summed E-state index contributed by atoms with van der Waals surface area (Å²) in [6.45, 7) is 3.92. The zero-order chi connectivity index (χ0) is 13.8. The number of nitrogens with zero attached hydrogens (tertiary/aromatic N) is 1. The zero-order valence-corrected chi connectivity index (χ0v) is 11.2. The first-order valence-corrected chi connectivity index (χ1v) is 6.32. The van der Waals surface area contributed by atoms with E-state index in [-0.39, 0.29) is 5.91 Å².